The van der Waals surface area contributed by atoms with Gasteiger partial charge in [-0.05, 0) is 19.9 Å². The molecule has 302 valence electrons. The fourth-order valence-corrected chi connectivity index (χ4v) is 7.04. The molecule has 0 aliphatic carbocycles. The molecule has 5 rings (SSSR count). The number of phenols is 3. The maximum Gasteiger partial charge on any atom is 0.312 e. The fourth-order valence-electron chi connectivity index (χ4n) is 7.04. The van der Waals surface area contributed by atoms with Crippen LogP contribution in [0.4, 0.5) is 5.69 Å². The predicted molar refractivity (Wildman–Crippen MR) is 206 cm³/mol. The number of esters is 1. The predicted octanol–water partition coefficient (Wildman–Crippen LogP) is 4.74. The number of anilines is 1. The van der Waals surface area contributed by atoms with Crippen LogP contribution >= 0.6 is 0 Å². The van der Waals surface area contributed by atoms with E-state index in [2.05, 4.69) is 16.4 Å². The third kappa shape index (κ3) is 8.32. The number of terminal acetylenes is 1. The Balaban J connectivity index is 1.97. The molecule has 0 saturated heterocycles. The number of nitrogens with one attached hydrogen (secondary N) is 1. The smallest absolute Gasteiger partial charge is 0.312 e. The molecule has 2 aromatic rings. The summed E-state index contributed by atoms with van der Waals surface area (Å²) >= 11 is 0. The van der Waals surface area contributed by atoms with Gasteiger partial charge in [0.2, 0.25) is 0 Å². The quantitative estimate of drug-likeness (QED) is 0.0460. The molecule has 0 spiro atoms. The molecule has 3 heterocycles. The second kappa shape index (κ2) is 17.5. The summed E-state index contributed by atoms with van der Waals surface area (Å²) in [6.07, 6.45) is 9.55. The topological polar surface area (TPSA) is 223 Å². The number of phenolic OH excluding ortho intramolecular Hbond substituents is 3. The number of aromatic hydroxyl groups is 3. The fraction of sp³-hybridized carbons (Fsp3) is 0.463. The molecule has 0 fully saturated rings. The van der Waals surface area contributed by atoms with Gasteiger partial charge in [-0.15, -0.1) is 6.42 Å². The number of carbonyl (C=O) groups excluding carboxylic acids is 3. The molecule has 3 aliphatic rings. The second-order valence-corrected chi connectivity index (χ2v) is 14.3. The number of methoxy groups -OCH3 is 1. The van der Waals surface area contributed by atoms with Gasteiger partial charge >= 0.3 is 11.8 Å². The number of fused-ring (bicyclic) bond motifs is 14. The van der Waals surface area contributed by atoms with E-state index in [1.807, 2.05) is 0 Å². The highest BCUT2D eigenvalue weighted by atomic mass is 16.7. The van der Waals surface area contributed by atoms with Crippen LogP contribution in [-0.2, 0) is 28.6 Å². The highest BCUT2D eigenvalue weighted by Gasteiger charge is 2.50. The Morgan fingerprint density at radius 3 is 2.32 bits per heavy atom. The highest BCUT2D eigenvalue weighted by molar-refractivity contribution is 6.23. The van der Waals surface area contributed by atoms with Gasteiger partial charge in [-0.2, -0.15) is 0 Å². The van der Waals surface area contributed by atoms with E-state index in [0.717, 1.165) is 6.21 Å². The molecular weight excluding hydrogens is 728 g/mol. The van der Waals surface area contributed by atoms with Gasteiger partial charge in [0.25, 0.3) is 11.7 Å². The lowest BCUT2D eigenvalue weighted by Gasteiger charge is -2.38. The third-order valence-electron chi connectivity index (χ3n) is 10.4. The van der Waals surface area contributed by atoms with E-state index >= 15 is 0 Å². The molecule has 0 unspecified atom stereocenters. The largest absolute Gasteiger partial charge is 0.507 e. The zero-order valence-corrected chi connectivity index (χ0v) is 32.8. The monoisotopic (exact) mass is 778 g/mol. The van der Waals surface area contributed by atoms with Crippen molar-refractivity contribution in [1.82, 2.24) is 0 Å². The van der Waals surface area contributed by atoms with E-state index in [1.165, 1.54) is 53.2 Å². The molecule has 0 aromatic heterocycles. The maximum atomic E-state index is 14.3. The first-order valence-corrected chi connectivity index (χ1v) is 18.0. The zero-order valence-electron chi connectivity index (χ0n) is 32.8. The summed E-state index contributed by atoms with van der Waals surface area (Å²) < 4.78 is 23.4. The molecule has 0 radical (unpaired) electrons. The Kier molecular flexibility index (Phi) is 13.5. The number of aliphatic hydroxyl groups excluding tert-OH is 2. The molecule has 2 aromatic carbocycles. The first-order valence-electron chi connectivity index (χ1n) is 18.0. The SMILES string of the molecule is C#CCO/N=C/c1c2c(O)c3c(O)c(C)c4c(c3c1O)C(=O)[C@@](C)(O/C=C\[C@H](OC)[C@@H](C)[C@@H](OC(C)=O)[C@H](C)[C@H](O)[C@H](C)[C@@H](O)[C@@H](C)/C=C\C=C(\C)C(=O)N2)O4. The van der Waals surface area contributed by atoms with Crippen LogP contribution in [0, 0.1) is 42.9 Å². The Bertz CT molecular complexity index is 2030. The average Bonchev–Trinajstić information content (AvgIpc) is 3.42. The lowest BCUT2D eigenvalue weighted by Crippen LogP contribution is -2.46. The van der Waals surface area contributed by atoms with Crippen LogP contribution in [0.25, 0.3) is 10.8 Å². The average molecular weight is 779 g/mol. The normalized spacial score (nSPS) is 30.9. The van der Waals surface area contributed by atoms with Crippen molar-refractivity contribution in [3.05, 3.63) is 52.8 Å². The standard InChI is InChI=1S/C41H50N2O13/c1-11-16-54-42-18-26-31-36(49)29-28(35(26)48)30-38(24(7)34(29)47)56-41(9,39(30)50)53-17-15-27(52-10)21(4)37(55-25(8)44)23(6)33(46)22(5)32(45)19(2)13-12-14-20(3)40(51)43-31/h1,12-15,17-19,21-23,27,32-33,37,45-49H,16H2,2-10H3,(H,43,51)/b13-12-,17-15-,20-14-,42-18+/t19-,21+,22+,23+,27-,32-,33+,37+,41-/m0/s1. The Morgan fingerprint density at radius 2 is 1.70 bits per heavy atom. The summed E-state index contributed by atoms with van der Waals surface area (Å²) in [5, 5.41) is 63.2. The number of benzene rings is 2. The van der Waals surface area contributed by atoms with Crippen molar-refractivity contribution in [2.75, 3.05) is 19.0 Å². The summed E-state index contributed by atoms with van der Waals surface area (Å²) in [4.78, 5) is 45.1. The highest BCUT2D eigenvalue weighted by Crippen LogP contribution is 2.55. The second-order valence-electron chi connectivity index (χ2n) is 14.3. The minimum Gasteiger partial charge on any atom is -0.507 e. The molecule has 0 saturated carbocycles. The van der Waals surface area contributed by atoms with Crippen LogP contribution in [0.1, 0.15) is 70.0 Å². The van der Waals surface area contributed by atoms with Crippen molar-refractivity contribution < 1.29 is 63.7 Å². The van der Waals surface area contributed by atoms with Crippen molar-refractivity contribution in [1.29, 1.82) is 0 Å². The van der Waals surface area contributed by atoms with Gasteiger partial charge in [-0.25, -0.2) is 0 Å². The Morgan fingerprint density at radius 1 is 1.02 bits per heavy atom. The molecule has 3 aliphatic heterocycles. The number of nitrogens with zero attached hydrogens (tertiary/aromatic N) is 1. The van der Waals surface area contributed by atoms with Gasteiger partial charge in [0.05, 0.1) is 53.0 Å². The molecule has 56 heavy (non-hydrogen) atoms. The van der Waals surface area contributed by atoms with Gasteiger partial charge in [0, 0.05) is 61.2 Å². The minimum absolute atomic E-state index is 0.0142. The number of ether oxygens (including phenoxy) is 4. The number of rotatable bonds is 5. The molecule has 9 atom stereocenters. The van der Waals surface area contributed by atoms with Crippen molar-refractivity contribution in [3.8, 4) is 35.3 Å². The summed E-state index contributed by atoms with van der Waals surface area (Å²) in [6.45, 7) is 12.0. The van der Waals surface area contributed by atoms with Gasteiger partial charge in [0.15, 0.2) is 12.4 Å². The van der Waals surface area contributed by atoms with Gasteiger partial charge < -0.3 is 54.6 Å². The number of oxime groups is 1. The number of hydrogen-bond acceptors (Lipinski definition) is 14. The van der Waals surface area contributed by atoms with Crippen molar-refractivity contribution >= 4 is 40.3 Å². The summed E-state index contributed by atoms with van der Waals surface area (Å²) in [5.74, 6) is -6.64. The summed E-state index contributed by atoms with van der Waals surface area (Å²) in [5.41, 5.74) is -0.792. The van der Waals surface area contributed by atoms with Gasteiger partial charge in [-0.1, -0.05) is 57.0 Å². The number of allylic oxidation sites excluding steroid dienone is 2. The number of ketones is 1. The molecule has 5 bridgehead atoms. The Labute approximate surface area is 325 Å². The van der Waals surface area contributed by atoms with Crippen LogP contribution < -0.4 is 10.1 Å². The lowest BCUT2D eigenvalue weighted by molar-refractivity contribution is -0.160. The van der Waals surface area contributed by atoms with Crippen molar-refractivity contribution in [2.45, 2.75) is 85.6 Å². The molecule has 15 heteroatoms. The molecule has 1 amide bonds. The van der Waals surface area contributed by atoms with Crippen LogP contribution in [-0.4, -0.2) is 93.3 Å². The van der Waals surface area contributed by atoms with Gasteiger partial charge in [-0.3, -0.25) is 14.4 Å². The summed E-state index contributed by atoms with van der Waals surface area (Å²) in [6, 6.07) is 0. The lowest BCUT2D eigenvalue weighted by atomic mass is 9.78. The zero-order chi connectivity index (χ0) is 41.8. The molecule has 6 N–H and O–H groups in total. The first-order chi connectivity index (χ1) is 26.3. The van der Waals surface area contributed by atoms with Crippen LogP contribution in [0.2, 0.25) is 0 Å². The van der Waals surface area contributed by atoms with E-state index in [0.29, 0.717) is 0 Å². The van der Waals surface area contributed by atoms with Crippen LogP contribution in [0.15, 0.2) is 41.3 Å². The number of hydrogen-bond donors (Lipinski definition) is 6. The van der Waals surface area contributed by atoms with Crippen molar-refractivity contribution in [3.63, 3.8) is 0 Å². The number of aliphatic hydroxyl groups is 2. The van der Waals surface area contributed by atoms with E-state index in [-0.39, 0.29) is 51.1 Å². The number of amides is 1. The van der Waals surface area contributed by atoms with E-state index in [1.54, 1.807) is 39.8 Å². The third-order valence-corrected chi connectivity index (χ3v) is 10.4. The van der Waals surface area contributed by atoms with E-state index < -0.39 is 88.8 Å². The van der Waals surface area contributed by atoms with Gasteiger partial charge in [0.1, 0.15) is 23.4 Å². The van der Waals surface area contributed by atoms with E-state index in [4.69, 9.17) is 30.2 Å². The first kappa shape index (κ1) is 43.2. The molecule has 15 nitrogen and oxygen atoms in total. The minimum atomic E-state index is -2.07. The number of carbonyl (C=O) groups is 3. The van der Waals surface area contributed by atoms with Crippen LogP contribution in [0.3, 0.4) is 0 Å². The summed E-state index contributed by atoms with van der Waals surface area (Å²) in [7, 11) is 1.42. The van der Waals surface area contributed by atoms with Crippen LogP contribution in [0.5, 0.6) is 23.0 Å². The van der Waals surface area contributed by atoms with Crippen molar-refractivity contribution in [2.24, 2.45) is 28.8 Å². The molecular formula is C41H50N2O13. The number of Topliss-reactive ketones (excluding diaryl/α,β-unsaturated/α-hetero) is 1. The Hall–Kier alpha value is -5.56. The maximum absolute atomic E-state index is 14.3. The van der Waals surface area contributed by atoms with E-state index in [9.17, 15) is 39.9 Å².